The van der Waals surface area contributed by atoms with Crippen LogP contribution in [0.15, 0.2) is 24.3 Å². The number of nitrogens with zero attached hydrogens (tertiary/aromatic N) is 1. The summed E-state index contributed by atoms with van der Waals surface area (Å²) in [6.45, 7) is 0. The Bertz CT molecular complexity index is 634. The zero-order valence-electron chi connectivity index (χ0n) is 9.12. The highest BCUT2D eigenvalue weighted by molar-refractivity contribution is 5.87. The largest absolute Gasteiger partial charge is 0.477 e. The molecule has 0 aliphatic heterocycles. The van der Waals surface area contributed by atoms with Gasteiger partial charge in [-0.3, -0.25) is 5.10 Å². The second-order valence-corrected chi connectivity index (χ2v) is 3.66. The molecule has 0 saturated carbocycles. The fourth-order valence-electron chi connectivity index (χ4n) is 1.54. The van der Waals surface area contributed by atoms with Crippen LogP contribution in [0.5, 0.6) is 0 Å². The maximum Gasteiger partial charge on any atom is 0.417 e. The van der Waals surface area contributed by atoms with Gasteiger partial charge in [0.2, 0.25) is 0 Å². The van der Waals surface area contributed by atoms with Crippen LogP contribution in [0.4, 0.5) is 17.6 Å². The molecular weight excluding hydrogens is 268 g/mol. The first-order valence-electron chi connectivity index (χ1n) is 4.95. The van der Waals surface area contributed by atoms with Gasteiger partial charge in [0, 0.05) is 5.56 Å². The first-order valence-corrected chi connectivity index (χ1v) is 4.95. The number of aromatic amines is 1. The van der Waals surface area contributed by atoms with Crippen LogP contribution >= 0.6 is 0 Å². The molecule has 0 bridgehead atoms. The van der Waals surface area contributed by atoms with Crippen molar-refractivity contribution in [1.82, 2.24) is 10.2 Å². The molecule has 8 heteroatoms. The van der Waals surface area contributed by atoms with Gasteiger partial charge in [-0.2, -0.15) is 18.3 Å². The summed E-state index contributed by atoms with van der Waals surface area (Å²) in [5, 5.41) is 14.2. The quantitative estimate of drug-likeness (QED) is 0.827. The summed E-state index contributed by atoms with van der Waals surface area (Å²) in [7, 11) is 0. The lowest BCUT2D eigenvalue weighted by atomic mass is 10.0. The average molecular weight is 274 g/mol. The highest BCUT2D eigenvalue weighted by Gasteiger charge is 2.34. The van der Waals surface area contributed by atoms with Crippen molar-refractivity contribution in [2.75, 3.05) is 0 Å². The highest BCUT2D eigenvalue weighted by Crippen LogP contribution is 2.36. The molecule has 0 radical (unpaired) electrons. The summed E-state index contributed by atoms with van der Waals surface area (Å²) in [6, 6.07) is 3.04. The predicted octanol–water partition coefficient (Wildman–Crippen LogP) is 2.93. The zero-order valence-corrected chi connectivity index (χ0v) is 9.12. The number of carboxylic acid groups (broad SMARTS) is 1. The summed E-state index contributed by atoms with van der Waals surface area (Å²) >= 11 is 0. The second-order valence-electron chi connectivity index (χ2n) is 3.66. The van der Waals surface area contributed by atoms with Crippen LogP contribution in [-0.4, -0.2) is 21.3 Å². The number of halogens is 4. The van der Waals surface area contributed by atoms with Gasteiger partial charge in [-0.25, -0.2) is 9.18 Å². The number of aromatic nitrogens is 2. The maximum atomic E-state index is 12.9. The number of alkyl halides is 3. The molecule has 19 heavy (non-hydrogen) atoms. The minimum absolute atomic E-state index is 0.218. The highest BCUT2D eigenvalue weighted by atomic mass is 19.4. The van der Waals surface area contributed by atoms with E-state index in [-0.39, 0.29) is 11.4 Å². The molecule has 2 N–H and O–H groups in total. The molecule has 1 aromatic heterocycles. The molecule has 0 unspecified atom stereocenters. The molecule has 0 atom stereocenters. The minimum atomic E-state index is -4.76. The minimum Gasteiger partial charge on any atom is -0.477 e. The molecule has 0 aliphatic carbocycles. The lowest BCUT2D eigenvalue weighted by molar-refractivity contribution is -0.137. The van der Waals surface area contributed by atoms with Gasteiger partial charge in [-0.05, 0) is 24.3 Å². The topological polar surface area (TPSA) is 66.0 Å². The normalized spacial score (nSPS) is 11.6. The average Bonchev–Trinajstić information content (AvgIpc) is 2.77. The Morgan fingerprint density at radius 3 is 2.47 bits per heavy atom. The summed E-state index contributed by atoms with van der Waals surface area (Å²) < 4.78 is 51.2. The smallest absolute Gasteiger partial charge is 0.417 e. The van der Waals surface area contributed by atoms with E-state index in [1.54, 1.807) is 0 Å². The van der Waals surface area contributed by atoms with Crippen molar-refractivity contribution < 1.29 is 27.5 Å². The number of carbonyl (C=O) groups is 1. The van der Waals surface area contributed by atoms with E-state index in [1.165, 1.54) is 0 Å². The maximum absolute atomic E-state index is 12.9. The van der Waals surface area contributed by atoms with Crippen LogP contribution in [0, 0.1) is 5.82 Å². The first kappa shape index (κ1) is 13.1. The first-order chi connectivity index (χ1) is 8.79. The Balaban J connectivity index is 2.58. The molecule has 0 spiro atoms. The van der Waals surface area contributed by atoms with Gasteiger partial charge in [0.05, 0.1) is 11.3 Å². The molecular formula is C11H6F4N2O2. The molecule has 1 aromatic carbocycles. The van der Waals surface area contributed by atoms with E-state index in [0.29, 0.717) is 6.07 Å². The van der Waals surface area contributed by atoms with E-state index in [9.17, 15) is 22.4 Å². The van der Waals surface area contributed by atoms with Gasteiger partial charge in [-0.1, -0.05) is 0 Å². The van der Waals surface area contributed by atoms with Crippen molar-refractivity contribution in [1.29, 1.82) is 0 Å². The summed E-state index contributed by atoms with van der Waals surface area (Å²) in [4.78, 5) is 10.6. The molecule has 0 amide bonds. The number of hydrogen-bond donors (Lipinski definition) is 2. The van der Waals surface area contributed by atoms with Crippen molar-refractivity contribution >= 4 is 5.97 Å². The molecule has 1 heterocycles. The summed E-state index contributed by atoms with van der Waals surface area (Å²) in [6.07, 6.45) is -4.76. The second kappa shape index (κ2) is 4.38. The van der Waals surface area contributed by atoms with Crippen LogP contribution in [-0.2, 0) is 6.18 Å². The van der Waals surface area contributed by atoms with Crippen molar-refractivity contribution in [3.8, 4) is 11.3 Å². The van der Waals surface area contributed by atoms with Gasteiger partial charge in [0.25, 0.3) is 0 Å². The Morgan fingerprint density at radius 2 is 1.95 bits per heavy atom. The van der Waals surface area contributed by atoms with Crippen molar-refractivity contribution in [3.05, 3.63) is 41.3 Å². The van der Waals surface area contributed by atoms with Crippen LogP contribution in [0.2, 0.25) is 0 Å². The molecule has 0 saturated heterocycles. The monoisotopic (exact) mass is 274 g/mol. The number of nitrogens with one attached hydrogen (secondary N) is 1. The molecule has 100 valence electrons. The fourth-order valence-corrected chi connectivity index (χ4v) is 1.54. The fraction of sp³-hybridized carbons (Fsp3) is 0.0909. The Morgan fingerprint density at radius 1 is 1.26 bits per heavy atom. The Kier molecular flexibility index (Phi) is 3.01. The Hall–Kier alpha value is -2.38. The zero-order chi connectivity index (χ0) is 14.2. The van der Waals surface area contributed by atoms with Gasteiger partial charge >= 0.3 is 12.1 Å². The van der Waals surface area contributed by atoms with E-state index in [4.69, 9.17) is 5.11 Å². The molecule has 0 aliphatic rings. The third kappa shape index (κ3) is 2.56. The van der Waals surface area contributed by atoms with E-state index >= 15 is 0 Å². The number of carboxylic acids is 1. The van der Waals surface area contributed by atoms with E-state index in [1.807, 2.05) is 0 Å². The number of hydrogen-bond acceptors (Lipinski definition) is 2. The van der Waals surface area contributed by atoms with Gasteiger partial charge in [0.15, 0.2) is 0 Å². The third-order valence-corrected chi connectivity index (χ3v) is 2.37. The molecule has 2 rings (SSSR count). The summed E-state index contributed by atoms with van der Waals surface area (Å²) in [5.74, 6) is -2.39. The number of benzene rings is 1. The standard InChI is InChI=1S/C11H6F4N2O2/c12-5-1-2-6(7(3-5)11(13,14)15)8-4-9(10(18)19)17-16-8/h1-4H,(H,16,17)(H,18,19). The molecule has 4 nitrogen and oxygen atoms in total. The van der Waals surface area contributed by atoms with Crippen LogP contribution in [0.1, 0.15) is 16.1 Å². The van der Waals surface area contributed by atoms with Gasteiger partial charge in [0.1, 0.15) is 11.5 Å². The van der Waals surface area contributed by atoms with E-state index < -0.39 is 29.1 Å². The Labute approximate surface area is 103 Å². The van der Waals surface area contributed by atoms with Crippen molar-refractivity contribution in [3.63, 3.8) is 0 Å². The van der Waals surface area contributed by atoms with Crippen molar-refractivity contribution in [2.24, 2.45) is 0 Å². The predicted molar refractivity (Wildman–Crippen MR) is 55.9 cm³/mol. The van der Waals surface area contributed by atoms with Crippen molar-refractivity contribution in [2.45, 2.75) is 6.18 Å². The van der Waals surface area contributed by atoms with Crippen LogP contribution < -0.4 is 0 Å². The number of H-pyrrole nitrogens is 1. The lowest BCUT2D eigenvalue weighted by Crippen LogP contribution is -2.07. The van der Waals surface area contributed by atoms with E-state index in [2.05, 4.69) is 10.2 Å². The SMILES string of the molecule is O=C(O)c1cc(-c2ccc(F)cc2C(F)(F)F)n[nH]1. The molecule has 0 fully saturated rings. The lowest BCUT2D eigenvalue weighted by Gasteiger charge is -2.11. The van der Waals surface area contributed by atoms with E-state index in [0.717, 1.165) is 18.2 Å². The van der Waals surface area contributed by atoms with Gasteiger partial charge in [-0.15, -0.1) is 0 Å². The number of aromatic carboxylic acids is 1. The van der Waals surface area contributed by atoms with Crippen LogP contribution in [0.3, 0.4) is 0 Å². The third-order valence-electron chi connectivity index (χ3n) is 2.37. The van der Waals surface area contributed by atoms with Gasteiger partial charge < -0.3 is 5.11 Å². The summed E-state index contributed by atoms with van der Waals surface area (Å²) in [5.41, 5.74) is -2.18. The van der Waals surface area contributed by atoms with Crippen LogP contribution in [0.25, 0.3) is 11.3 Å². The molecule has 2 aromatic rings. The number of rotatable bonds is 2.